The molecular formula is C15H19N3O5. The van der Waals surface area contributed by atoms with Crippen molar-refractivity contribution in [3.05, 3.63) is 56.1 Å². The van der Waals surface area contributed by atoms with E-state index in [9.17, 15) is 25.0 Å². The fraction of sp³-hybridized carbons (Fsp3) is 0.533. The molecule has 4 atom stereocenters. The van der Waals surface area contributed by atoms with Gasteiger partial charge in [-0.05, 0) is 12.1 Å². The number of hydrogen-bond acceptors (Lipinski definition) is 5. The molecule has 0 aromatic heterocycles. The van der Waals surface area contributed by atoms with Gasteiger partial charge in [0.1, 0.15) is 0 Å². The normalized spacial score (nSPS) is 30.4. The van der Waals surface area contributed by atoms with E-state index in [2.05, 4.69) is 5.32 Å². The van der Waals surface area contributed by atoms with Gasteiger partial charge in [0.25, 0.3) is 5.91 Å². The number of nitrogens with zero attached hydrogens (tertiary/aromatic N) is 2. The van der Waals surface area contributed by atoms with Crippen LogP contribution in [0.1, 0.15) is 37.0 Å². The topological polar surface area (TPSA) is 115 Å². The summed E-state index contributed by atoms with van der Waals surface area (Å²) in [5, 5.41) is 25.3. The summed E-state index contributed by atoms with van der Waals surface area (Å²) in [4.78, 5) is 33.9. The van der Waals surface area contributed by atoms with Crippen molar-refractivity contribution < 1.29 is 14.6 Å². The summed E-state index contributed by atoms with van der Waals surface area (Å²) < 4.78 is 0. The Kier molecular flexibility index (Phi) is 4.63. The lowest BCUT2D eigenvalue weighted by molar-refractivity contribution is -0.606. The minimum absolute atomic E-state index is 0.0934. The largest absolute Gasteiger partial charge is 0.348 e. The predicted molar refractivity (Wildman–Crippen MR) is 82.3 cm³/mol. The van der Waals surface area contributed by atoms with Crippen LogP contribution in [-0.2, 0) is 0 Å². The van der Waals surface area contributed by atoms with Crippen LogP contribution in [0, 0.1) is 26.1 Å². The predicted octanol–water partition coefficient (Wildman–Crippen LogP) is 1.90. The van der Waals surface area contributed by atoms with Gasteiger partial charge in [0, 0.05) is 40.7 Å². The summed E-state index contributed by atoms with van der Waals surface area (Å²) in [6, 6.07) is 6.78. The van der Waals surface area contributed by atoms with Crippen LogP contribution in [0.4, 0.5) is 0 Å². The SMILES string of the molecule is CC1C(NC(=O)c2ccccc2)CC([N+](=O)[O-])CC1(C)[N+](=O)[O-]. The Balaban J connectivity index is 2.23. The molecule has 4 unspecified atom stereocenters. The first kappa shape index (κ1) is 16.9. The smallest absolute Gasteiger partial charge is 0.251 e. The van der Waals surface area contributed by atoms with E-state index in [-0.39, 0.29) is 18.7 Å². The second kappa shape index (κ2) is 6.31. The van der Waals surface area contributed by atoms with E-state index in [1.807, 2.05) is 0 Å². The van der Waals surface area contributed by atoms with Crippen LogP contribution in [0.25, 0.3) is 0 Å². The Morgan fingerprint density at radius 2 is 1.87 bits per heavy atom. The summed E-state index contributed by atoms with van der Waals surface area (Å²) in [7, 11) is 0. The summed E-state index contributed by atoms with van der Waals surface area (Å²) in [6.07, 6.45) is -0.0396. The van der Waals surface area contributed by atoms with Crippen LogP contribution in [-0.4, -0.2) is 33.4 Å². The molecule has 1 aliphatic rings. The first-order valence-corrected chi connectivity index (χ1v) is 7.39. The van der Waals surface area contributed by atoms with E-state index in [0.29, 0.717) is 5.56 Å². The maximum atomic E-state index is 12.3. The van der Waals surface area contributed by atoms with Gasteiger partial charge in [0.2, 0.25) is 11.6 Å². The molecule has 23 heavy (non-hydrogen) atoms. The molecule has 1 N–H and O–H groups in total. The highest BCUT2D eigenvalue weighted by Crippen LogP contribution is 2.37. The van der Waals surface area contributed by atoms with Gasteiger partial charge >= 0.3 is 0 Å². The fourth-order valence-corrected chi connectivity index (χ4v) is 3.10. The van der Waals surface area contributed by atoms with Gasteiger partial charge in [0.05, 0.1) is 6.42 Å². The molecule has 0 heterocycles. The van der Waals surface area contributed by atoms with Gasteiger partial charge in [-0.15, -0.1) is 0 Å². The van der Waals surface area contributed by atoms with Gasteiger partial charge in [-0.3, -0.25) is 25.0 Å². The molecule has 1 aliphatic carbocycles. The zero-order valence-corrected chi connectivity index (χ0v) is 13.0. The Bertz CT molecular complexity index is 621. The van der Waals surface area contributed by atoms with Crippen molar-refractivity contribution in [2.75, 3.05) is 0 Å². The molecule has 1 aromatic carbocycles. The quantitative estimate of drug-likeness (QED) is 0.671. The Labute approximate surface area is 133 Å². The number of carbonyl (C=O) groups excluding carboxylic acids is 1. The van der Waals surface area contributed by atoms with Gasteiger partial charge in [-0.1, -0.05) is 25.1 Å². The van der Waals surface area contributed by atoms with E-state index in [4.69, 9.17) is 0 Å². The van der Waals surface area contributed by atoms with Gasteiger partial charge < -0.3 is 5.32 Å². The number of hydrogen-bond donors (Lipinski definition) is 1. The van der Waals surface area contributed by atoms with Crippen molar-refractivity contribution in [3.8, 4) is 0 Å². The Morgan fingerprint density at radius 1 is 1.26 bits per heavy atom. The zero-order chi connectivity index (χ0) is 17.2. The van der Waals surface area contributed by atoms with E-state index in [1.165, 1.54) is 6.92 Å². The van der Waals surface area contributed by atoms with Crippen LogP contribution in [0.2, 0.25) is 0 Å². The van der Waals surface area contributed by atoms with E-state index in [0.717, 1.165) is 0 Å². The van der Waals surface area contributed by atoms with E-state index < -0.39 is 33.4 Å². The molecular weight excluding hydrogens is 302 g/mol. The van der Waals surface area contributed by atoms with Crippen LogP contribution in [0.5, 0.6) is 0 Å². The molecule has 1 saturated carbocycles. The van der Waals surface area contributed by atoms with Crippen LogP contribution in [0.15, 0.2) is 30.3 Å². The first-order chi connectivity index (χ1) is 10.8. The fourth-order valence-electron chi connectivity index (χ4n) is 3.10. The Morgan fingerprint density at radius 3 is 2.39 bits per heavy atom. The third-order valence-electron chi connectivity index (χ3n) is 4.83. The lowest BCUT2D eigenvalue weighted by Gasteiger charge is -2.39. The van der Waals surface area contributed by atoms with Crippen LogP contribution in [0.3, 0.4) is 0 Å². The third-order valence-corrected chi connectivity index (χ3v) is 4.83. The molecule has 0 aliphatic heterocycles. The van der Waals surface area contributed by atoms with Crippen molar-refractivity contribution in [3.63, 3.8) is 0 Å². The van der Waals surface area contributed by atoms with Crippen molar-refractivity contribution in [1.29, 1.82) is 0 Å². The van der Waals surface area contributed by atoms with Crippen LogP contribution >= 0.6 is 0 Å². The van der Waals surface area contributed by atoms with Crippen molar-refractivity contribution in [1.82, 2.24) is 5.32 Å². The molecule has 1 aromatic rings. The maximum Gasteiger partial charge on any atom is 0.251 e. The molecule has 0 saturated heterocycles. The second-order valence-electron chi connectivity index (χ2n) is 6.23. The zero-order valence-electron chi connectivity index (χ0n) is 13.0. The number of nitro groups is 2. The number of amides is 1. The molecule has 2 rings (SSSR count). The molecule has 1 amide bonds. The lowest BCUT2D eigenvalue weighted by Crippen LogP contribution is -2.59. The number of rotatable bonds is 4. The highest BCUT2D eigenvalue weighted by Gasteiger charge is 2.56. The molecule has 0 bridgehead atoms. The van der Waals surface area contributed by atoms with E-state index >= 15 is 0 Å². The highest BCUT2D eigenvalue weighted by atomic mass is 16.6. The second-order valence-corrected chi connectivity index (χ2v) is 6.23. The van der Waals surface area contributed by atoms with Crippen molar-refractivity contribution >= 4 is 5.91 Å². The first-order valence-electron chi connectivity index (χ1n) is 7.39. The minimum Gasteiger partial charge on any atom is -0.348 e. The average Bonchev–Trinajstić information content (AvgIpc) is 2.52. The molecule has 124 valence electrons. The molecule has 0 radical (unpaired) electrons. The van der Waals surface area contributed by atoms with Crippen LogP contribution < -0.4 is 5.32 Å². The number of carbonyl (C=O) groups is 1. The number of nitrogens with one attached hydrogen (secondary N) is 1. The summed E-state index contributed by atoms with van der Waals surface area (Å²) >= 11 is 0. The lowest BCUT2D eigenvalue weighted by atomic mass is 9.70. The van der Waals surface area contributed by atoms with Crippen molar-refractivity contribution in [2.45, 2.75) is 44.3 Å². The highest BCUT2D eigenvalue weighted by molar-refractivity contribution is 5.94. The molecule has 0 spiro atoms. The monoisotopic (exact) mass is 321 g/mol. The van der Waals surface area contributed by atoms with Crippen molar-refractivity contribution in [2.24, 2.45) is 5.92 Å². The van der Waals surface area contributed by atoms with Gasteiger partial charge in [-0.2, -0.15) is 0 Å². The Hall–Kier alpha value is -2.51. The maximum absolute atomic E-state index is 12.3. The summed E-state index contributed by atoms with van der Waals surface area (Å²) in [6.45, 7) is 3.07. The third kappa shape index (κ3) is 3.30. The van der Waals surface area contributed by atoms with E-state index in [1.54, 1.807) is 37.3 Å². The standard InChI is InChI=1S/C15H19N3O5/c1-10-13(16-14(19)11-6-4-3-5-7-11)8-12(17(20)21)9-15(10,2)18(22)23/h3-7,10,12-13H,8-9H2,1-2H3,(H,16,19). The molecule has 8 heteroatoms. The van der Waals surface area contributed by atoms with Gasteiger partial charge in [0.15, 0.2) is 0 Å². The summed E-state index contributed by atoms with van der Waals surface area (Å²) in [5.41, 5.74) is -1.02. The minimum atomic E-state index is -1.44. The molecule has 8 nitrogen and oxygen atoms in total. The average molecular weight is 321 g/mol. The van der Waals surface area contributed by atoms with Gasteiger partial charge in [-0.25, -0.2) is 0 Å². The number of benzene rings is 1. The molecule has 1 fully saturated rings. The summed E-state index contributed by atoms with van der Waals surface area (Å²) in [5.74, 6) is -0.890.